The van der Waals surface area contributed by atoms with Crippen molar-refractivity contribution in [3.05, 3.63) is 242 Å². The normalized spacial score (nSPS) is 12.9. The van der Waals surface area contributed by atoms with Crippen molar-refractivity contribution in [3.63, 3.8) is 0 Å². The molecule has 0 saturated heterocycles. The zero-order valence-corrected chi connectivity index (χ0v) is 36.3. The summed E-state index contributed by atoms with van der Waals surface area (Å²) >= 11 is 0. The largest absolute Gasteiger partial charge is 0.310 e. The van der Waals surface area contributed by atoms with E-state index in [-0.39, 0.29) is 5.41 Å². The van der Waals surface area contributed by atoms with E-state index in [9.17, 15) is 0 Å². The van der Waals surface area contributed by atoms with Crippen molar-refractivity contribution in [2.45, 2.75) is 19.3 Å². The lowest BCUT2D eigenvalue weighted by Crippen LogP contribution is -2.16. The number of aromatic nitrogens is 1. The topological polar surface area (TPSA) is 8.17 Å². The number of rotatable bonds is 6. The summed E-state index contributed by atoms with van der Waals surface area (Å²) in [6.07, 6.45) is 0. The zero-order chi connectivity index (χ0) is 43.2. The molecule has 2 nitrogen and oxygen atoms in total. The molecule has 0 N–H and O–H groups in total. The Morgan fingerprint density at radius 3 is 1.82 bits per heavy atom. The lowest BCUT2D eigenvalue weighted by atomic mass is 9.82. The quantitative estimate of drug-likeness (QED) is 0.162. The minimum absolute atomic E-state index is 0.110. The number of para-hydroxylation sites is 1. The second kappa shape index (κ2) is 14.4. The summed E-state index contributed by atoms with van der Waals surface area (Å²) in [5, 5.41) is 9.98. The van der Waals surface area contributed by atoms with Crippen LogP contribution in [-0.4, -0.2) is 4.57 Å². The van der Waals surface area contributed by atoms with Crippen LogP contribution in [0.15, 0.2) is 231 Å². The van der Waals surface area contributed by atoms with Crippen LogP contribution in [0, 0.1) is 0 Å². The van der Waals surface area contributed by atoms with Gasteiger partial charge in [0.1, 0.15) is 0 Å². The van der Waals surface area contributed by atoms with Crippen LogP contribution in [-0.2, 0) is 5.41 Å². The number of benzene rings is 11. The summed E-state index contributed by atoms with van der Waals surface area (Å²) in [6, 6.07) is 85.2. The summed E-state index contributed by atoms with van der Waals surface area (Å²) in [6.45, 7) is 4.72. The van der Waals surface area contributed by atoms with E-state index in [1.54, 1.807) is 0 Å². The van der Waals surface area contributed by atoms with Gasteiger partial charge in [-0.1, -0.05) is 184 Å². The monoisotopic (exact) mass is 828 g/mol. The van der Waals surface area contributed by atoms with E-state index >= 15 is 0 Å². The second-order valence-corrected chi connectivity index (χ2v) is 18.1. The Hall–Kier alpha value is -8.20. The van der Waals surface area contributed by atoms with Gasteiger partial charge in [0.2, 0.25) is 0 Å². The van der Waals surface area contributed by atoms with Crippen LogP contribution < -0.4 is 4.90 Å². The van der Waals surface area contributed by atoms with Gasteiger partial charge in [-0.05, 0) is 137 Å². The van der Waals surface area contributed by atoms with Crippen molar-refractivity contribution in [2.75, 3.05) is 4.90 Å². The number of fused-ring (bicyclic) bond motifs is 10. The molecule has 306 valence electrons. The lowest BCUT2D eigenvalue weighted by Gasteiger charge is -2.28. The molecule has 0 unspecified atom stereocenters. The Bertz CT molecular complexity index is 3850. The first-order valence-corrected chi connectivity index (χ1v) is 22.7. The Kier molecular flexibility index (Phi) is 8.29. The summed E-state index contributed by atoms with van der Waals surface area (Å²) in [5.74, 6) is 0. The Balaban J connectivity index is 0.958. The highest BCUT2D eigenvalue weighted by Crippen LogP contribution is 2.51. The average molecular weight is 829 g/mol. The smallest absolute Gasteiger partial charge is 0.0547 e. The average Bonchev–Trinajstić information content (AvgIpc) is 3.82. The van der Waals surface area contributed by atoms with Crippen molar-refractivity contribution in [1.29, 1.82) is 0 Å². The van der Waals surface area contributed by atoms with Gasteiger partial charge in [0.25, 0.3) is 0 Å². The van der Waals surface area contributed by atoms with E-state index in [0.29, 0.717) is 0 Å². The summed E-state index contributed by atoms with van der Waals surface area (Å²) in [5.41, 5.74) is 17.2. The molecule has 0 aliphatic heterocycles. The molecular weight excluding hydrogens is 785 g/mol. The van der Waals surface area contributed by atoms with Gasteiger partial charge < -0.3 is 9.47 Å². The first-order chi connectivity index (χ1) is 32.0. The van der Waals surface area contributed by atoms with Crippen LogP contribution in [0.2, 0.25) is 0 Å². The molecule has 0 fully saturated rings. The minimum Gasteiger partial charge on any atom is -0.310 e. The number of hydrogen-bond acceptors (Lipinski definition) is 1. The molecular formula is C63H44N2. The third kappa shape index (κ3) is 5.81. The fraction of sp³-hybridized carbons (Fsp3) is 0.0476. The summed E-state index contributed by atoms with van der Waals surface area (Å²) < 4.78 is 2.46. The van der Waals surface area contributed by atoms with Gasteiger partial charge in [0, 0.05) is 38.9 Å². The van der Waals surface area contributed by atoms with Gasteiger partial charge in [-0.25, -0.2) is 0 Å². The molecule has 1 aliphatic rings. The fourth-order valence-corrected chi connectivity index (χ4v) is 11.0. The third-order valence-electron chi connectivity index (χ3n) is 14.1. The first-order valence-electron chi connectivity index (χ1n) is 22.7. The SMILES string of the molecule is CC1(C)c2ccccc2-c2ccc(N(c3ccc(-c4ccccc4)cc3)c3ccc4cc(-n5c6ccccc6c6c7c(-c8cccc9ccccc89)cccc7ccc65)ccc4c3)cc21. The number of nitrogens with zero attached hydrogens (tertiary/aromatic N) is 2. The fourth-order valence-electron chi connectivity index (χ4n) is 11.0. The molecule has 13 rings (SSSR count). The summed E-state index contributed by atoms with van der Waals surface area (Å²) in [4.78, 5) is 2.42. The van der Waals surface area contributed by atoms with Crippen molar-refractivity contribution in [2.24, 2.45) is 0 Å². The Morgan fingerprint density at radius 1 is 0.338 bits per heavy atom. The van der Waals surface area contributed by atoms with Crippen LogP contribution in [0.25, 0.3) is 93.2 Å². The van der Waals surface area contributed by atoms with Crippen molar-refractivity contribution < 1.29 is 0 Å². The maximum absolute atomic E-state index is 2.46. The van der Waals surface area contributed by atoms with E-state index < -0.39 is 0 Å². The molecule has 65 heavy (non-hydrogen) atoms. The van der Waals surface area contributed by atoms with Crippen LogP contribution in [0.4, 0.5) is 17.1 Å². The van der Waals surface area contributed by atoms with E-state index in [1.807, 2.05) is 0 Å². The Labute approximate surface area is 378 Å². The molecule has 2 heteroatoms. The van der Waals surface area contributed by atoms with Crippen molar-refractivity contribution >= 4 is 71.2 Å². The van der Waals surface area contributed by atoms with E-state index in [4.69, 9.17) is 0 Å². The van der Waals surface area contributed by atoms with Crippen LogP contribution >= 0.6 is 0 Å². The molecule has 1 aromatic heterocycles. The van der Waals surface area contributed by atoms with E-state index in [0.717, 1.165) is 22.7 Å². The van der Waals surface area contributed by atoms with Crippen LogP contribution in [0.1, 0.15) is 25.0 Å². The molecule has 1 aliphatic carbocycles. The second-order valence-electron chi connectivity index (χ2n) is 18.1. The molecule has 0 amide bonds. The van der Waals surface area contributed by atoms with Crippen LogP contribution in [0.5, 0.6) is 0 Å². The van der Waals surface area contributed by atoms with Crippen molar-refractivity contribution in [1.82, 2.24) is 4.57 Å². The molecule has 0 radical (unpaired) electrons. The number of hydrogen-bond donors (Lipinski definition) is 0. The molecule has 0 bridgehead atoms. The zero-order valence-electron chi connectivity index (χ0n) is 36.3. The predicted molar refractivity (Wildman–Crippen MR) is 276 cm³/mol. The summed E-state index contributed by atoms with van der Waals surface area (Å²) in [7, 11) is 0. The van der Waals surface area contributed by atoms with E-state index in [1.165, 1.54) is 98.6 Å². The van der Waals surface area contributed by atoms with E-state index in [2.05, 4.69) is 254 Å². The molecule has 0 atom stereocenters. The van der Waals surface area contributed by atoms with Crippen LogP contribution in [0.3, 0.4) is 0 Å². The maximum atomic E-state index is 2.46. The van der Waals surface area contributed by atoms with Crippen molar-refractivity contribution in [3.8, 4) is 39.1 Å². The highest BCUT2D eigenvalue weighted by molar-refractivity contribution is 6.26. The minimum atomic E-state index is -0.110. The molecule has 12 aromatic rings. The number of anilines is 3. The lowest BCUT2D eigenvalue weighted by molar-refractivity contribution is 0.660. The Morgan fingerprint density at radius 2 is 0.938 bits per heavy atom. The molecule has 1 heterocycles. The van der Waals surface area contributed by atoms with Gasteiger partial charge in [-0.2, -0.15) is 0 Å². The standard InChI is InChI=1S/C63H44N2/c1-63(2)57-24-10-8-20-53(57)54-36-35-50(40-58(54)63)64(47-31-26-42(27-32-47)41-14-4-3-5-15-41)48-33-28-46-39-49(34-29-45(46)38-48)65-59-25-11-9-21-56(59)62-60(65)37-30-44-18-13-23-55(61(44)62)52-22-12-17-43-16-6-7-19-51(43)52/h3-40H,1-2H3. The van der Waals surface area contributed by atoms with Gasteiger partial charge in [0.05, 0.1) is 11.0 Å². The highest BCUT2D eigenvalue weighted by atomic mass is 15.1. The maximum Gasteiger partial charge on any atom is 0.0547 e. The molecule has 11 aromatic carbocycles. The van der Waals surface area contributed by atoms with Gasteiger partial charge >= 0.3 is 0 Å². The molecule has 0 saturated carbocycles. The van der Waals surface area contributed by atoms with Gasteiger partial charge in [0.15, 0.2) is 0 Å². The van der Waals surface area contributed by atoms with Gasteiger partial charge in [-0.15, -0.1) is 0 Å². The molecule has 0 spiro atoms. The highest BCUT2D eigenvalue weighted by Gasteiger charge is 2.35. The first kappa shape index (κ1) is 37.4. The van der Waals surface area contributed by atoms with Gasteiger partial charge in [-0.3, -0.25) is 0 Å². The third-order valence-corrected chi connectivity index (χ3v) is 14.1. The predicted octanol–water partition coefficient (Wildman–Crippen LogP) is 17.4.